The molecule has 1 N–H and O–H groups in total. The summed E-state index contributed by atoms with van der Waals surface area (Å²) in [7, 11) is 0. The third-order valence-corrected chi connectivity index (χ3v) is 5.79. The van der Waals surface area contributed by atoms with Crippen LogP contribution in [-0.2, 0) is 33.7 Å². The van der Waals surface area contributed by atoms with Crippen LogP contribution in [0.25, 0.3) is 0 Å². The molecule has 4 rings (SSSR count). The molecule has 2 heterocycles. The zero-order chi connectivity index (χ0) is 20.2. The predicted molar refractivity (Wildman–Crippen MR) is 109 cm³/mol. The van der Waals surface area contributed by atoms with Crippen LogP contribution in [0.4, 0.5) is 0 Å². The highest BCUT2D eigenvalue weighted by atomic mass is 16.6. The van der Waals surface area contributed by atoms with Crippen molar-refractivity contribution in [3.8, 4) is 0 Å². The van der Waals surface area contributed by atoms with Crippen LogP contribution in [0.2, 0.25) is 0 Å². The number of ether oxygens (including phenoxy) is 2. The average molecular weight is 396 g/mol. The topological polar surface area (TPSA) is 69.6 Å². The molecule has 1 aromatic heterocycles. The van der Waals surface area contributed by atoms with Crippen LogP contribution in [0.15, 0.2) is 30.3 Å². The van der Waals surface area contributed by atoms with Crippen molar-refractivity contribution in [2.75, 3.05) is 26.4 Å². The van der Waals surface area contributed by atoms with Gasteiger partial charge in [-0.15, -0.1) is 0 Å². The Bertz CT molecular complexity index is 882. The molecule has 29 heavy (non-hydrogen) atoms. The molecule has 0 radical (unpaired) electrons. The van der Waals surface area contributed by atoms with E-state index in [1.807, 2.05) is 25.1 Å². The van der Waals surface area contributed by atoms with Gasteiger partial charge in [0.2, 0.25) is 5.91 Å². The van der Waals surface area contributed by atoms with Gasteiger partial charge in [-0.05, 0) is 30.9 Å². The Hall–Kier alpha value is -2.44. The summed E-state index contributed by atoms with van der Waals surface area (Å²) in [5.74, 6) is 0.0771. The standard InChI is InChI=1S/C23H28N2O4/c1-16-19(12-22(27)24-13-18-15-28-10-11-29-18)23-20(8-5-9-21(23)26)25(16)14-17-6-3-2-4-7-17/h2-4,6-7,18H,5,8-15H2,1H3,(H,24,27). The largest absolute Gasteiger partial charge is 0.376 e. The van der Waals surface area contributed by atoms with Crippen LogP contribution in [0, 0.1) is 6.92 Å². The fraction of sp³-hybridized carbons (Fsp3) is 0.478. The first-order valence-electron chi connectivity index (χ1n) is 10.4. The third-order valence-electron chi connectivity index (χ3n) is 5.79. The number of nitrogens with zero attached hydrogens (tertiary/aromatic N) is 1. The van der Waals surface area contributed by atoms with Crippen LogP contribution in [-0.4, -0.2) is 48.7 Å². The van der Waals surface area contributed by atoms with Crippen LogP contribution in [0.1, 0.15) is 45.7 Å². The van der Waals surface area contributed by atoms with Crippen molar-refractivity contribution in [2.24, 2.45) is 0 Å². The zero-order valence-corrected chi connectivity index (χ0v) is 16.9. The van der Waals surface area contributed by atoms with E-state index in [-0.39, 0.29) is 24.2 Å². The molecule has 2 aromatic rings. The maximum atomic E-state index is 12.7. The smallest absolute Gasteiger partial charge is 0.224 e. The molecule has 1 amide bonds. The Balaban J connectivity index is 1.54. The number of aromatic nitrogens is 1. The summed E-state index contributed by atoms with van der Waals surface area (Å²) in [6.45, 7) is 4.84. The lowest BCUT2D eigenvalue weighted by molar-refractivity contribution is -0.123. The van der Waals surface area contributed by atoms with Crippen LogP contribution in [0.5, 0.6) is 0 Å². The highest BCUT2D eigenvalue weighted by Gasteiger charge is 2.29. The van der Waals surface area contributed by atoms with E-state index in [4.69, 9.17) is 9.47 Å². The second-order valence-electron chi connectivity index (χ2n) is 7.78. The molecular weight excluding hydrogens is 368 g/mol. The van der Waals surface area contributed by atoms with E-state index in [1.165, 1.54) is 5.56 Å². The molecule has 1 aliphatic heterocycles. The van der Waals surface area contributed by atoms with Crippen LogP contribution in [0.3, 0.4) is 0 Å². The van der Waals surface area contributed by atoms with Gasteiger partial charge in [-0.2, -0.15) is 0 Å². The fourth-order valence-electron chi connectivity index (χ4n) is 4.29. The van der Waals surface area contributed by atoms with E-state index in [1.54, 1.807) is 0 Å². The highest BCUT2D eigenvalue weighted by molar-refractivity contribution is 6.01. The van der Waals surface area contributed by atoms with Crippen LogP contribution >= 0.6 is 0 Å². The quantitative estimate of drug-likeness (QED) is 0.814. The number of rotatable bonds is 6. The maximum absolute atomic E-state index is 12.7. The predicted octanol–water partition coefficient (Wildman–Crippen LogP) is 2.44. The fourth-order valence-corrected chi connectivity index (χ4v) is 4.29. The second kappa shape index (κ2) is 8.93. The zero-order valence-electron chi connectivity index (χ0n) is 16.9. The summed E-state index contributed by atoms with van der Waals surface area (Å²) in [6, 6.07) is 10.2. The van der Waals surface area contributed by atoms with Crippen molar-refractivity contribution in [1.29, 1.82) is 0 Å². The number of fused-ring (bicyclic) bond motifs is 1. The van der Waals surface area contributed by atoms with E-state index < -0.39 is 0 Å². The van der Waals surface area contributed by atoms with Crippen molar-refractivity contribution in [3.63, 3.8) is 0 Å². The number of carbonyl (C=O) groups excluding carboxylic acids is 2. The minimum Gasteiger partial charge on any atom is -0.376 e. The molecule has 2 aliphatic rings. The molecule has 6 nitrogen and oxygen atoms in total. The molecule has 1 fully saturated rings. The highest BCUT2D eigenvalue weighted by Crippen LogP contribution is 2.31. The minimum atomic E-state index is -0.105. The number of hydrogen-bond donors (Lipinski definition) is 1. The molecule has 0 bridgehead atoms. The van der Waals surface area contributed by atoms with Gasteiger partial charge in [0.25, 0.3) is 0 Å². The van der Waals surface area contributed by atoms with Gasteiger partial charge in [0.1, 0.15) is 0 Å². The van der Waals surface area contributed by atoms with Gasteiger partial charge in [-0.25, -0.2) is 0 Å². The molecule has 1 saturated heterocycles. The molecular formula is C23H28N2O4. The Morgan fingerprint density at radius 1 is 1.21 bits per heavy atom. The lowest BCUT2D eigenvalue weighted by Crippen LogP contribution is -2.40. The number of amides is 1. The number of hydrogen-bond acceptors (Lipinski definition) is 4. The van der Waals surface area contributed by atoms with Gasteiger partial charge >= 0.3 is 0 Å². The first-order valence-corrected chi connectivity index (χ1v) is 10.4. The minimum absolute atomic E-state index is 0.0830. The van der Waals surface area contributed by atoms with Crippen molar-refractivity contribution in [3.05, 3.63) is 58.4 Å². The van der Waals surface area contributed by atoms with Gasteiger partial charge in [-0.1, -0.05) is 30.3 Å². The number of benzene rings is 1. The molecule has 1 aromatic carbocycles. The van der Waals surface area contributed by atoms with Gasteiger partial charge in [0, 0.05) is 36.5 Å². The van der Waals surface area contributed by atoms with Crippen molar-refractivity contribution in [2.45, 2.75) is 45.3 Å². The molecule has 0 saturated carbocycles. The summed E-state index contributed by atoms with van der Waals surface area (Å²) >= 11 is 0. The number of Topliss-reactive ketones (excluding diaryl/α,β-unsaturated/α-hetero) is 1. The summed E-state index contributed by atoms with van der Waals surface area (Å²) in [5, 5.41) is 2.94. The number of carbonyl (C=O) groups is 2. The van der Waals surface area contributed by atoms with Crippen molar-refractivity contribution in [1.82, 2.24) is 9.88 Å². The summed E-state index contributed by atoms with van der Waals surface area (Å²) in [6.07, 6.45) is 2.42. The average Bonchev–Trinajstić information content (AvgIpc) is 3.01. The summed E-state index contributed by atoms with van der Waals surface area (Å²) < 4.78 is 13.2. The first kappa shape index (κ1) is 19.9. The van der Waals surface area contributed by atoms with Crippen LogP contribution < -0.4 is 5.32 Å². The van der Waals surface area contributed by atoms with E-state index in [0.29, 0.717) is 32.8 Å². The third kappa shape index (κ3) is 4.43. The lowest BCUT2D eigenvalue weighted by atomic mass is 9.92. The summed E-state index contributed by atoms with van der Waals surface area (Å²) in [5.41, 5.74) is 4.93. The Kier molecular flexibility index (Phi) is 6.11. The molecule has 1 atom stereocenters. The Morgan fingerprint density at radius 2 is 2.03 bits per heavy atom. The molecule has 154 valence electrons. The lowest BCUT2D eigenvalue weighted by Gasteiger charge is -2.23. The SMILES string of the molecule is Cc1c(CC(=O)NCC2COCCO2)c2c(n1Cc1ccccc1)CCCC2=O. The van der Waals surface area contributed by atoms with Gasteiger partial charge in [-0.3, -0.25) is 9.59 Å². The summed E-state index contributed by atoms with van der Waals surface area (Å²) in [4.78, 5) is 25.4. The first-order chi connectivity index (χ1) is 14.1. The Morgan fingerprint density at radius 3 is 2.79 bits per heavy atom. The molecule has 1 unspecified atom stereocenters. The van der Waals surface area contributed by atoms with Crippen molar-refractivity contribution >= 4 is 11.7 Å². The van der Waals surface area contributed by atoms with E-state index in [9.17, 15) is 9.59 Å². The molecule has 6 heteroatoms. The monoisotopic (exact) mass is 396 g/mol. The molecule has 0 spiro atoms. The van der Waals surface area contributed by atoms with Crippen molar-refractivity contribution < 1.29 is 19.1 Å². The van der Waals surface area contributed by atoms with E-state index >= 15 is 0 Å². The van der Waals surface area contributed by atoms with E-state index in [0.717, 1.165) is 41.9 Å². The normalized spacial score (nSPS) is 19.1. The Labute approximate surface area is 171 Å². The molecule has 1 aliphatic carbocycles. The van der Waals surface area contributed by atoms with Gasteiger partial charge in [0.15, 0.2) is 5.78 Å². The maximum Gasteiger partial charge on any atom is 0.224 e. The second-order valence-corrected chi connectivity index (χ2v) is 7.78. The number of ketones is 1. The number of nitrogens with one attached hydrogen (secondary N) is 1. The van der Waals surface area contributed by atoms with E-state index in [2.05, 4.69) is 22.0 Å². The van der Waals surface area contributed by atoms with Gasteiger partial charge < -0.3 is 19.4 Å². The van der Waals surface area contributed by atoms with Gasteiger partial charge in [0.05, 0.1) is 32.3 Å².